The minimum absolute atomic E-state index is 0.192. The average Bonchev–Trinajstić information content (AvgIpc) is 2.92. The maximum Gasteiger partial charge on any atom is 0.362 e. The molecule has 0 heterocycles. The van der Waals surface area contributed by atoms with Crippen LogP contribution in [0, 0.1) is 0 Å². The summed E-state index contributed by atoms with van der Waals surface area (Å²) in [7, 11) is 0. The highest BCUT2D eigenvalue weighted by Crippen LogP contribution is 2.32. The highest BCUT2D eigenvalue weighted by molar-refractivity contribution is 5.78. The summed E-state index contributed by atoms with van der Waals surface area (Å²) in [6.45, 7) is 7.65. The number of quaternary nitrogens is 1. The van der Waals surface area contributed by atoms with Crippen LogP contribution in [0.15, 0.2) is 12.2 Å². The van der Waals surface area contributed by atoms with Crippen LogP contribution in [0.3, 0.4) is 0 Å². The van der Waals surface area contributed by atoms with Crippen molar-refractivity contribution in [3.8, 4) is 0 Å². The van der Waals surface area contributed by atoms with E-state index in [-0.39, 0.29) is 25.8 Å². The zero-order chi connectivity index (χ0) is 30.9. The summed E-state index contributed by atoms with van der Waals surface area (Å²) in [6, 6.07) is -3.19. The number of carboxylic acid groups (broad SMARTS) is 3. The Morgan fingerprint density at radius 1 is 0.488 bits per heavy atom. The molecule has 0 bridgehead atoms. The van der Waals surface area contributed by atoms with Gasteiger partial charge in [-0.1, -0.05) is 117 Å². The van der Waals surface area contributed by atoms with Crippen molar-refractivity contribution in [3.63, 3.8) is 0 Å². The molecular weight excluding hydrogens is 518 g/mol. The van der Waals surface area contributed by atoms with Crippen molar-refractivity contribution in [2.24, 2.45) is 0 Å². The molecule has 0 aromatic carbocycles. The first-order valence-corrected chi connectivity index (χ1v) is 16.9. The molecule has 3 atom stereocenters. The standard InChI is InChI=1S/C34H63NO6/c1-5-9-10-11-12-13-14-15-16-17-18-19-20-21-22-23-24-25-26-27-28-35(29(6-2)32(36)37,30(7-3)33(38)39)31(8-4)34(40)41/h16-17,29-31H,5-15,18-28H2,1-4H3,(H2-,36,37,38,39,40,41)/p+1/b17-16+. The molecule has 0 radical (unpaired) electrons. The molecule has 0 aromatic rings. The first kappa shape index (κ1) is 39.1. The first-order chi connectivity index (χ1) is 19.7. The van der Waals surface area contributed by atoms with Crippen molar-refractivity contribution in [2.45, 2.75) is 181 Å². The Morgan fingerprint density at radius 3 is 1.07 bits per heavy atom. The number of rotatable bonds is 29. The highest BCUT2D eigenvalue weighted by Gasteiger charge is 2.55. The van der Waals surface area contributed by atoms with E-state index in [1.54, 1.807) is 20.8 Å². The topological polar surface area (TPSA) is 112 Å². The molecule has 0 aliphatic rings. The van der Waals surface area contributed by atoms with Gasteiger partial charge in [-0.05, 0) is 38.5 Å². The third-order valence-corrected chi connectivity index (χ3v) is 8.81. The summed E-state index contributed by atoms with van der Waals surface area (Å²) < 4.78 is -0.406. The van der Waals surface area contributed by atoms with Crippen molar-refractivity contribution in [1.82, 2.24) is 0 Å². The summed E-state index contributed by atoms with van der Waals surface area (Å²) in [5, 5.41) is 30.1. The molecule has 7 heteroatoms. The number of unbranched alkanes of at least 4 members (excludes halogenated alkanes) is 16. The van der Waals surface area contributed by atoms with Gasteiger partial charge in [-0.15, -0.1) is 0 Å². The zero-order valence-electron chi connectivity index (χ0n) is 27.0. The Hall–Kier alpha value is -1.89. The SMILES string of the molecule is CCCCCCCCC/C=C/CCCCCCCCCCC[N+](C(CC)C(=O)O)(C(CC)C(=O)O)C(CC)C(=O)O. The Balaban J connectivity index is 4.45. The summed E-state index contributed by atoms with van der Waals surface area (Å²) in [6.07, 6.45) is 26.9. The van der Waals surface area contributed by atoms with E-state index >= 15 is 0 Å². The van der Waals surface area contributed by atoms with E-state index < -0.39 is 40.5 Å². The molecule has 0 fully saturated rings. The van der Waals surface area contributed by atoms with Crippen LogP contribution in [-0.2, 0) is 14.4 Å². The second kappa shape index (κ2) is 24.7. The zero-order valence-corrected chi connectivity index (χ0v) is 27.0. The lowest BCUT2D eigenvalue weighted by Crippen LogP contribution is -2.72. The molecule has 0 spiro atoms. The summed E-state index contributed by atoms with van der Waals surface area (Å²) in [4.78, 5) is 36.8. The molecule has 3 unspecified atom stereocenters. The number of hydrogen-bond donors (Lipinski definition) is 3. The van der Waals surface area contributed by atoms with E-state index in [9.17, 15) is 29.7 Å². The monoisotopic (exact) mass is 582 g/mol. The lowest BCUT2D eigenvalue weighted by molar-refractivity contribution is -0.973. The van der Waals surface area contributed by atoms with E-state index in [1.165, 1.54) is 89.9 Å². The van der Waals surface area contributed by atoms with Gasteiger partial charge in [0.25, 0.3) is 0 Å². The van der Waals surface area contributed by atoms with Crippen LogP contribution < -0.4 is 0 Å². The molecule has 0 aliphatic heterocycles. The van der Waals surface area contributed by atoms with Gasteiger partial charge in [0, 0.05) is 19.3 Å². The molecular formula is C34H64NO6+. The van der Waals surface area contributed by atoms with Crippen LogP contribution in [0.2, 0.25) is 0 Å². The van der Waals surface area contributed by atoms with Gasteiger partial charge in [0.05, 0.1) is 6.54 Å². The predicted molar refractivity (Wildman–Crippen MR) is 168 cm³/mol. The Bertz CT molecular complexity index is 667. The molecule has 0 saturated heterocycles. The third-order valence-electron chi connectivity index (χ3n) is 8.81. The number of aliphatic carboxylic acids is 3. The van der Waals surface area contributed by atoms with Crippen LogP contribution in [0.4, 0.5) is 0 Å². The van der Waals surface area contributed by atoms with Crippen LogP contribution in [0.1, 0.15) is 163 Å². The van der Waals surface area contributed by atoms with Crippen molar-refractivity contribution < 1.29 is 34.2 Å². The number of carbonyl (C=O) groups is 3. The van der Waals surface area contributed by atoms with E-state index in [4.69, 9.17) is 0 Å². The quantitative estimate of drug-likeness (QED) is 0.0461. The number of allylic oxidation sites excluding steroid dienone is 2. The van der Waals surface area contributed by atoms with Gasteiger partial charge in [-0.2, -0.15) is 0 Å². The molecule has 240 valence electrons. The fourth-order valence-corrected chi connectivity index (χ4v) is 6.62. The molecule has 0 saturated carbocycles. The van der Waals surface area contributed by atoms with E-state index in [2.05, 4.69) is 19.1 Å². The predicted octanol–water partition coefficient (Wildman–Crippen LogP) is 8.99. The lowest BCUT2D eigenvalue weighted by atomic mass is 9.93. The van der Waals surface area contributed by atoms with Gasteiger partial charge in [0.2, 0.25) is 0 Å². The maximum absolute atomic E-state index is 12.3. The number of nitrogens with zero attached hydrogens (tertiary/aromatic N) is 1. The first-order valence-electron chi connectivity index (χ1n) is 16.9. The van der Waals surface area contributed by atoms with Gasteiger partial charge in [0.1, 0.15) is 0 Å². The van der Waals surface area contributed by atoms with Gasteiger partial charge >= 0.3 is 17.9 Å². The van der Waals surface area contributed by atoms with E-state index in [0.717, 1.165) is 19.3 Å². The molecule has 3 N–H and O–H groups in total. The Kier molecular flexibility index (Phi) is 23.5. The van der Waals surface area contributed by atoms with Crippen molar-refractivity contribution in [3.05, 3.63) is 12.2 Å². The Labute approximate surface area is 251 Å². The van der Waals surface area contributed by atoms with Crippen molar-refractivity contribution in [1.29, 1.82) is 0 Å². The van der Waals surface area contributed by atoms with Crippen LogP contribution >= 0.6 is 0 Å². The van der Waals surface area contributed by atoms with E-state index in [1.807, 2.05) is 0 Å². The maximum atomic E-state index is 12.3. The summed E-state index contributed by atoms with van der Waals surface area (Å²) in [5.41, 5.74) is 0. The van der Waals surface area contributed by atoms with Crippen LogP contribution in [-0.4, -0.2) is 62.4 Å². The summed E-state index contributed by atoms with van der Waals surface area (Å²) in [5.74, 6) is -3.35. The fourth-order valence-electron chi connectivity index (χ4n) is 6.62. The van der Waals surface area contributed by atoms with Gasteiger partial charge < -0.3 is 15.3 Å². The smallest absolute Gasteiger partial charge is 0.362 e. The molecule has 0 rings (SSSR count). The Morgan fingerprint density at radius 2 is 0.780 bits per heavy atom. The number of hydrogen-bond acceptors (Lipinski definition) is 3. The van der Waals surface area contributed by atoms with Gasteiger partial charge in [-0.25, -0.2) is 14.4 Å². The third kappa shape index (κ3) is 15.2. The molecule has 41 heavy (non-hydrogen) atoms. The number of carboxylic acids is 3. The second-order valence-corrected chi connectivity index (χ2v) is 11.9. The van der Waals surface area contributed by atoms with E-state index in [0.29, 0.717) is 6.42 Å². The minimum atomic E-state index is -1.12. The molecule has 0 amide bonds. The molecule has 7 nitrogen and oxygen atoms in total. The highest BCUT2D eigenvalue weighted by atomic mass is 16.4. The largest absolute Gasteiger partial charge is 0.477 e. The minimum Gasteiger partial charge on any atom is -0.477 e. The van der Waals surface area contributed by atoms with Crippen LogP contribution in [0.5, 0.6) is 0 Å². The lowest BCUT2D eigenvalue weighted by Gasteiger charge is -2.49. The normalized spacial score (nSPS) is 15.4. The van der Waals surface area contributed by atoms with Crippen molar-refractivity contribution >= 4 is 17.9 Å². The molecule has 0 aliphatic carbocycles. The summed E-state index contributed by atoms with van der Waals surface area (Å²) >= 11 is 0. The molecule has 0 aromatic heterocycles. The van der Waals surface area contributed by atoms with Gasteiger partial charge in [-0.3, -0.25) is 4.48 Å². The second-order valence-electron chi connectivity index (χ2n) is 11.9. The fraction of sp³-hybridized carbons (Fsp3) is 0.853. The average molecular weight is 583 g/mol. The van der Waals surface area contributed by atoms with Crippen molar-refractivity contribution in [2.75, 3.05) is 6.54 Å². The van der Waals surface area contributed by atoms with Crippen LogP contribution in [0.25, 0.3) is 0 Å². The van der Waals surface area contributed by atoms with Gasteiger partial charge in [0.15, 0.2) is 18.1 Å².